The second-order valence-corrected chi connectivity index (χ2v) is 4.49. The van der Waals surface area contributed by atoms with Gasteiger partial charge in [0.15, 0.2) is 0 Å². The average Bonchev–Trinajstić information content (AvgIpc) is 2.64. The van der Waals surface area contributed by atoms with Gasteiger partial charge in [-0.05, 0) is 6.92 Å². The summed E-state index contributed by atoms with van der Waals surface area (Å²) in [5.74, 6) is -0.723. The van der Waals surface area contributed by atoms with Crippen LogP contribution in [-0.2, 0) is 9.47 Å². The fraction of sp³-hybridized carbons (Fsp3) is 0.583. The van der Waals surface area contributed by atoms with Crippen molar-refractivity contribution in [3.8, 4) is 0 Å². The molecule has 106 valence electrons. The summed E-state index contributed by atoms with van der Waals surface area (Å²) in [5, 5.41) is 19.0. The summed E-state index contributed by atoms with van der Waals surface area (Å²) in [4.78, 5) is 13.6. The SMILES string of the molecule is CO[C@H]1C(O)[C@@H](CO)O[C@H]1c1c(F)cc(=O)[nH]c1C. The van der Waals surface area contributed by atoms with Crippen LogP contribution in [0.3, 0.4) is 0 Å². The van der Waals surface area contributed by atoms with Gasteiger partial charge in [-0.1, -0.05) is 0 Å². The number of hydrogen-bond acceptors (Lipinski definition) is 5. The minimum atomic E-state index is -1.06. The maximum atomic E-state index is 13.9. The zero-order chi connectivity index (χ0) is 14.2. The lowest BCUT2D eigenvalue weighted by Gasteiger charge is -2.20. The van der Waals surface area contributed by atoms with Crippen LogP contribution in [0, 0.1) is 12.7 Å². The molecular weight excluding hydrogens is 257 g/mol. The standard InChI is InChI=1S/C12H16FNO5/c1-5-9(6(13)3-8(16)14-5)11-12(18-2)10(17)7(4-15)19-11/h3,7,10-12,15,17H,4H2,1-2H3,(H,14,16)/t7-,10?,11+,12+/m1/s1. The molecule has 0 aromatic carbocycles. The lowest BCUT2D eigenvalue weighted by Crippen LogP contribution is -2.34. The third kappa shape index (κ3) is 2.42. The molecular formula is C12H16FNO5. The zero-order valence-electron chi connectivity index (χ0n) is 10.6. The number of H-pyrrole nitrogens is 1. The van der Waals surface area contributed by atoms with Crippen LogP contribution in [0.4, 0.5) is 4.39 Å². The first kappa shape index (κ1) is 14.1. The van der Waals surface area contributed by atoms with E-state index >= 15 is 0 Å². The minimum Gasteiger partial charge on any atom is -0.394 e. The van der Waals surface area contributed by atoms with Crippen molar-refractivity contribution in [2.45, 2.75) is 31.3 Å². The van der Waals surface area contributed by atoms with Crippen molar-refractivity contribution in [3.63, 3.8) is 0 Å². The van der Waals surface area contributed by atoms with Crippen molar-refractivity contribution in [2.24, 2.45) is 0 Å². The molecule has 1 aromatic rings. The third-order valence-corrected chi connectivity index (χ3v) is 3.30. The highest BCUT2D eigenvalue weighted by molar-refractivity contribution is 5.26. The fourth-order valence-electron chi connectivity index (χ4n) is 2.39. The summed E-state index contributed by atoms with van der Waals surface area (Å²) in [5.41, 5.74) is -0.116. The zero-order valence-corrected chi connectivity index (χ0v) is 10.6. The molecule has 19 heavy (non-hydrogen) atoms. The van der Waals surface area contributed by atoms with Crippen LogP contribution in [-0.4, -0.2) is 47.2 Å². The Labute approximate surface area is 108 Å². The molecule has 1 aliphatic rings. The Morgan fingerprint density at radius 2 is 2.26 bits per heavy atom. The maximum absolute atomic E-state index is 13.9. The molecule has 4 atom stereocenters. The van der Waals surface area contributed by atoms with Crippen LogP contribution in [0.5, 0.6) is 0 Å². The van der Waals surface area contributed by atoms with E-state index in [0.29, 0.717) is 5.69 Å². The van der Waals surface area contributed by atoms with E-state index < -0.39 is 42.4 Å². The van der Waals surface area contributed by atoms with Gasteiger partial charge >= 0.3 is 0 Å². The van der Waals surface area contributed by atoms with Crippen molar-refractivity contribution in [1.29, 1.82) is 0 Å². The molecule has 6 nitrogen and oxygen atoms in total. The van der Waals surface area contributed by atoms with Gasteiger partial charge in [-0.2, -0.15) is 0 Å². The van der Waals surface area contributed by atoms with Crippen LogP contribution in [0.15, 0.2) is 10.9 Å². The van der Waals surface area contributed by atoms with Gasteiger partial charge in [0.25, 0.3) is 5.56 Å². The van der Waals surface area contributed by atoms with E-state index in [1.807, 2.05) is 0 Å². The van der Waals surface area contributed by atoms with Gasteiger partial charge in [0, 0.05) is 24.4 Å². The minimum absolute atomic E-state index is 0.126. The maximum Gasteiger partial charge on any atom is 0.251 e. The van der Waals surface area contributed by atoms with Gasteiger partial charge in [0.05, 0.1) is 6.61 Å². The lowest BCUT2D eigenvalue weighted by atomic mass is 10.00. The molecule has 1 aromatic heterocycles. The number of methoxy groups -OCH3 is 1. The van der Waals surface area contributed by atoms with Crippen LogP contribution in [0.1, 0.15) is 17.4 Å². The van der Waals surface area contributed by atoms with Gasteiger partial charge in [0.1, 0.15) is 30.2 Å². The second kappa shape index (κ2) is 5.38. The van der Waals surface area contributed by atoms with Gasteiger partial charge in [0.2, 0.25) is 0 Å². The quantitative estimate of drug-likeness (QED) is 0.699. The number of rotatable bonds is 3. The van der Waals surface area contributed by atoms with E-state index in [4.69, 9.17) is 14.6 Å². The van der Waals surface area contributed by atoms with E-state index in [1.165, 1.54) is 14.0 Å². The highest BCUT2D eigenvalue weighted by atomic mass is 19.1. The second-order valence-electron chi connectivity index (χ2n) is 4.49. The normalized spacial score (nSPS) is 30.8. The summed E-state index contributed by atoms with van der Waals surface area (Å²) < 4.78 is 24.5. The molecule has 0 bridgehead atoms. The molecule has 0 saturated carbocycles. The highest BCUT2D eigenvalue weighted by Gasteiger charge is 2.46. The first-order valence-electron chi connectivity index (χ1n) is 5.86. The molecule has 1 fully saturated rings. The number of ether oxygens (including phenoxy) is 2. The predicted molar refractivity (Wildman–Crippen MR) is 63.3 cm³/mol. The molecule has 1 aliphatic heterocycles. The molecule has 1 saturated heterocycles. The smallest absolute Gasteiger partial charge is 0.251 e. The number of hydrogen-bond donors (Lipinski definition) is 3. The number of aliphatic hydroxyl groups excluding tert-OH is 2. The molecule has 7 heteroatoms. The van der Waals surface area contributed by atoms with E-state index in [9.17, 15) is 14.3 Å². The summed E-state index contributed by atoms with van der Waals surface area (Å²) in [6.45, 7) is 1.14. The molecule has 2 heterocycles. The monoisotopic (exact) mass is 273 g/mol. The number of aryl methyl sites for hydroxylation is 1. The van der Waals surface area contributed by atoms with E-state index in [2.05, 4.69) is 4.98 Å². The van der Waals surface area contributed by atoms with Crippen molar-refractivity contribution in [3.05, 3.63) is 33.5 Å². The third-order valence-electron chi connectivity index (χ3n) is 3.30. The molecule has 0 amide bonds. The van der Waals surface area contributed by atoms with Gasteiger partial charge in [-0.15, -0.1) is 0 Å². The number of nitrogens with one attached hydrogen (secondary N) is 1. The molecule has 0 spiro atoms. The summed E-state index contributed by atoms with van der Waals surface area (Å²) in [7, 11) is 1.36. The summed E-state index contributed by atoms with van der Waals surface area (Å²) in [6, 6.07) is 0.817. The number of aromatic nitrogens is 1. The Bertz CT molecular complexity index is 491. The number of pyridine rings is 1. The lowest BCUT2D eigenvalue weighted by molar-refractivity contribution is -0.0250. The van der Waals surface area contributed by atoms with Crippen LogP contribution in [0.25, 0.3) is 0 Å². The van der Waals surface area contributed by atoms with Crippen LogP contribution >= 0.6 is 0 Å². The van der Waals surface area contributed by atoms with Crippen LogP contribution in [0.2, 0.25) is 0 Å². The Morgan fingerprint density at radius 1 is 1.58 bits per heavy atom. The Morgan fingerprint density at radius 3 is 2.79 bits per heavy atom. The Kier molecular flexibility index (Phi) is 4.00. The predicted octanol–water partition coefficient (Wildman–Crippen LogP) is -0.369. The van der Waals surface area contributed by atoms with Gasteiger partial charge in [-0.25, -0.2) is 4.39 Å². The first-order chi connectivity index (χ1) is 8.99. The largest absolute Gasteiger partial charge is 0.394 e. The van der Waals surface area contributed by atoms with Crippen molar-refractivity contribution >= 4 is 0 Å². The van der Waals surface area contributed by atoms with Gasteiger partial charge in [-0.3, -0.25) is 4.79 Å². The van der Waals surface area contributed by atoms with Crippen molar-refractivity contribution in [2.75, 3.05) is 13.7 Å². The van der Waals surface area contributed by atoms with E-state index in [1.54, 1.807) is 0 Å². The van der Waals surface area contributed by atoms with Crippen molar-refractivity contribution in [1.82, 2.24) is 4.98 Å². The van der Waals surface area contributed by atoms with Crippen LogP contribution < -0.4 is 5.56 Å². The fourth-order valence-corrected chi connectivity index (χ4v) is 2.39. The molecule has 0 radical (unpaired) electrons. The molecule has 3 N–H and O–H groups in total. The first-order valence-corrected chi connectivity index (χ1v) is 5.86. The van der Waals surface area contributed by atoms with E-state index in [-0.39, 0.29) is 5.56 Å². The average molecular weight is 273 g/mol. The summed E-state index contributed by atoms with van der Waals surface area (Å²) in [6.07, 6.45) is -3.60. The number of aliphatic hydroxyl groups is 2. The molecule has 0 aliphatic carbocycles. The number of halogens is 1. The Balaban J connectivity index is 2.44. The highest BCUT2D eigenvalue weighted by Crippen LogP contribution is 2.37. The van der Waals surface area contributed by atoms with Gasteiger partial charge < -0.3 is 24.7 Å². The van der Waals surface area contributed by atoms with E-state index in [0.717, 1.165) is 6.07 Å². The molecule has 2 rings (SSSR count). The topological polar surface area (TPSA) is 91.8 Å². The summed E-state index contributed by atoms with van der Waals surface area (Å²) >= 11 is 0. The molecule has 1 unspecified atom stereocenters. The van der Waals surface area contributed by atoms with Crippen molar-refractivity contribution < 1.29 is 24.1 Å². The number of aromatic amines is 1. The Hall–Kier alpha value is -1.28.